The summed E-state index contributed by atoms with van der Waals surface area (Å²) >= 11 is 2.66. The lowest BCUT2D eigenvalue weighted by Gasteiger charge is -2.01. The van der Waals surface area contributed by atoms with E-state index in [2.05, 4.69) is 15.0 Å². The quantitative estimate of drug-likeness (QED) is 0.341. The van der Waals surface area contributed by atoms with Crippen LogP contribution >= 0.6 is 23.1 Å². The van der Waals surface area contributed by atoms with Crippen molar-refractivity contribution in [1.82, 2.24) is 15.0 Å². The number of thioether (sulfide) groups is 1. The Labute approximate surface area is 135 Å². The van der Waals surface area contributed by atoms with Crippen molar-refractivity contribution in [2.24, 2.45) is 0 Å². The van der Waals surface area contributed by atoms with Crippen LogP contribution in [-0.2, 0) is 0 Å². The second-order valence-corrected chi connectivity index (χ2v) is 6.21. The van der Waals surface area contributed by atoms with Gasteiger partial charge in [0.25, 0.3) is 0 Å². The van der Waals surface area contributed by atoms with Gasteiger partial charge in [-0.25, -0.2) is 15.0 Å². The molecule has 1 aromatic carbocycles. The highest BCUT2D eigenvalue weighted by Crippen LogP contribution is 2.29. The maximum absolute atomic E-state index is 10.2. The molecule has 0 spiro atoms. The number of benzene rings is 1. The first-order chi connectivity index (χ1) is 10.8. The van der Waals surface area contributed by atoms with Crippen LogP contribution < -0.4 is 0 Å². The summed E-state index contributed by atoms with van der Waals surface area (Å²) in [7, 11) is 0. The Kier molecular flexibility index (Phi) is 4.32. The van der Waals surface area contributed by atoms with Crippen LogP contribution in [-0.4, -0.2) is 25.8 Å². The minimum atomic E-state index is -0.0148. The molecular formula is C15H10N4OS2. The van der Waals surface area contributed by atoms with Gasteiger partial charge in [-0.05, 0) is 18.2 Å². The number of thiazole rings is 1. The van der Waals surface area contributed by atoms with Gasteiger partial charge in [-0.2, -0.15) is 5.26 Å². The number of aromatic nitrogens is 3. The van der Waals surface area contributed by atoms with E-state index < -0.39 is 0 Å². The lowest BCUT2D eigenvalue weighted by Crippen LogP contribution is -1.94. The van der Waals surface area contributed by atoms with E-state index in [4.69, 9.17) is 0 Å². The maximum Gasteiger partial charge on any atom is 0.187 e. The molecule has 5 nitrogen and oxygen atoms in total. The van der Waals surface area contributed by atoms with E-state index in [0.29, 0.717) is 10.2 Å². The summed E-state index contributed by atoms with van der Waals surface area (Å²) in [6, 6.07) is 11.4. The van der Waals surface area contributed by atoms with Crippen molar-refractivity contribution in [1.29, 1.82) is 5.26 Å². The van der Waals surface area contributed by atoms with Gasteiger partial charge in [0, 0.05) is 12.4 Å². The van der Waals surface area contributed by atoms with Crippen LogP contribution in [0.15, 0.2) is 53.6 Å². The molecule has 108 valence electrons. The zero-order chi connectivity index (χ0) is 15.4. The van der Waals surface area contributed by atoms with Gasteiger partial charge >= 0.3 is 0 Å². The molecule has 3 aromatic rings. The number of allylic oxidation sites excluding steroid dienone is 1. The van der Waals surface area contributed by atoms with Crippen LogP contribution in [0.5, 0.6) is 0 Å². The molecule has 0 atom stereocenters. The molecule has 2 aromatic heterocycles. The summed E-state index contributed by atoms with van der Waals surface area (Å²) in [6.45, 7) is 0. The predicted molar refractivity (Wildman–Crippen MR) is 87.5 cm³/mol. The van der Waals surface area contributed by atoms with E-state index in [1.54, 1.807) is 18.5 Å². The molecule has 3 rings (SSSR count). The summed E-state index contributed by atoms with van der Waals surface area (Å²) in [4.78, 5) is 12.5. The smallest absolute Gasteiger partial charge is 0.187 e. The Morgan fingerprint density at radius 3 is 2.73 bits per heavy atom. The van der Waals surface area contributed by atoms with Crippen molar-refractivity contribution in [3.63, 3.8) is 0 Å². The topological polar surface area (TPSA) is 82.7 Å². The number of aliphatic hydroxyl groups is 1. The van der Waals surface area contributed by atoms with E-state index in [1.165, 1.54) is 23.1 Å². The normalized spacial score (nSPS) is 12.0. The highest BCUT2D eigenvalue weighted by atomic mass is 32.2. The van der Waals surface area contributed by atoms with Crippen molar-refractivity contribution in [3.8, 4) is 6.07 Å². The number of nitrogens with zero attached hydrogens (tertiary/aromatic N) is 4. The lowest BCUT2D eigenvalue weighted by molar-refractivity contribution is 0.420. The second kappa shape index (κ2) is 6.56. The number of nitriles is 1. The van der Waals surface area contributed by atoms with E-state index in [1.807, 2.05) is 30.3 Å². The summed E-state index contributed by atoms with van der Waals surface area (Å²) in [5, 5.41) is 20.6. The van der Waals surface area contributed by atoms with Crippen LogP contribution in [0, 0.1) is 11.3 Å². The monoisotopic (exact) mass is 326 g/mol. The zero-order valence-corrected chi connectivity index (χ0v) is 12.9. The van der Waals surface area contributed by atoms with Crippen molar-refractivity contribution >= 4 is 38.9 Å². The molecule has 1 N–H and O–H groups in total. The van der Waals surface area contributed by atoms with Crippen LogP contribution in [0.25, 0.3) is 15.8 Å². The van der Waals surface area contributed by atoms with Crippen LogP contribution in [0.2, 0.25) is 0 Å². The van der Waals surface area contributed by atoms with E-state index in [-0.39, 0.29) is 17.1 Å². The first-order valence-electron chi connectivity index (χ1n) is 6.36. The summed E-state index contributed by atoms with van der Waals surface area (Å²) in [5.41, 5.74) is 1.02. The minimum absolute atomic E-state index is 0.0148. The molecule has 0 radical (unpaired) electrons. The highest BCUT2D eigenvalue weighted by Gasteiger charge is 2.14. The fourth-order valence-corrected chi connectivity index (χ4v) is 3.44. The molecule has 0 saturated heterocycles. The maximum atomic E-state index is 10.2. The summed E-state index contributed by atoms with van der Waals surface area (Å²) in [5.74, 6) is 0.210. The van der Waals surface area contributed by atoms with Gasteiger partial charge in [0.2, 0.25) is 0 Å². The Balaban J connectivity index is 1.86. The van der Waals surface area contributed by atoms with Crippen LogP contribution in [0.1, 0.15) is 5.01 Å². The molecular weight excluding hydrogens is 316 g/mol. The third kappa shape index (κ3) is 3.08. The molecule has 22 heavy (non-hydrogen) atoms. The molecule has 0 aliphatic rings. The van der Waals surface area contributed by atoms with Gasteiger partial charge in [-0.1, -0.05) is 23.9 Å². The fourth-order valence-electron chi connectivity index (χ4n) is 1.78. The summed E-state index contributed by atoms with van der Waals surface area (Å²) < 4.78 is 0.983. The summed E-state index contributed by atoms with van der Waals surface area (Å²) in [6.07, 6.45) is 3.27. The van der Waals surface area contributed by atoms with E-state index in [9.17, 15) is 10.4 Å². The van der Waals surface area contributed by atoms with Gasteiger partial charge in [0.05, 0.1) is 16.0 Å². The van der Waals surface area contributed by atoms with Crippen molar-refractivity contribution in [2.75, 3.05) is 5.75 Å². The third-order valence-corrected chi connectivity index (χ3v) is 4.73. The van der Waals surface area contributed by atoms with E-state index in [0.717, 1.165) is 10.2 Å². The second-order valence-electron chi connectivity index (χ2n) is 4.24. The third-order valence-electron chi connectivity index (χ3n) is 2.79. The van der Waals surface area contributed by atoms with Crippen LogP contribution in [0.3, 0.4) is 0 Å². The zero-order valence-electron chi connectivity index (χ0n) is 11.3. The standard InChI is InChI=1S/C15H10N4OS2/c16-8-10(12(20)9-21-15-17-6-3-7-18-15)14-19-11-4-1-2-5-13(11)22-14/h1-7,20H,9H2/b12-10-. The molecule has 0 aliphatic carbocycles. The number of hydrogen-bond donors (Lipinski definition) is 1. The highest BCUT2D eigenvalue weighted by molar-refractivity contribution is 7.99. The Morgan fingerprint density at radius 2 is 2.00 bits per heavy atom. The molecule has 0 unspecified atom stereocenters. The lowest BCUT2D eigenvalue weighted by atomic mass is 10.2. The first kappa shape index (κ1) is 14.5. The van der Waals surface area contributed by atoms with Crippen molar-refractivity contribution in [2.45, 2.75) is 5.16 Å². The molecule has 0 bridgehead atoms. The minimum Gasteiger partial charge on any atom is -0.510 e. The number of fused-ring (bicyclic) bond motifs is 1. The van der Waals surface area contributed by atoms with Gasteiger partial charge in [0.1, 0.15) is 22.4 Å². The Hall–Kier alpha value is -2.43. The number of hydrogen-bond acceptors (Lipinski definition) is 7. The average molecular weight is 326 g/mol. The Bertz CT molecular complexity index is 835. The molecule has 0 saturated carbocycles. The number of para-hydroxylation sites is 1. The van der Waals surface area contributed by atoms with Crippen molar-refractivity contribution < 1.29 is 5.11 Å². The van der Waals surface area contributed by atoms with Gasteiger partial charge in [-0.15, -0.1) is 11.3 Å². The van der Waals surface area contributed by atoms with Crippen LogP contribution in [0.4, 0.5) is 0 Å². The number of rotatable bonds is 4. The first-order valence-corrected chi connectivity index (χ1v) is 8.16. The van der Waals surface area contributed by atoms with Gasteiger partial charge in [0.15, 0.2) is 5.16 Å². The SMILES string of the molecule is N#C/C(=C(/O)CSc1ncccn1)c1nc2ccccc2s1. The molecule has 0 fully saturated rings. The molecule has 2 heterocycles. The predicted octanol–water partition coefficient (Wildman–Crippen LogP) is 3.67. The van der Waals surface area contributed by atoms with Gasteiger partial charge in [-0.3, -0.25) is 0 Å². The average Bonchev–Trinajstić information content (AvgIpc) is 2.98. The fraction of sp³-hybridized carbons (Fsp3) is 0.0667. The molecule has 0 amide bonds. The largest absolute Gasteiger partial charge is 0.510 e. The van der Waals surface area contributed by atoms with Gasteiger partial charge < -0.3 is 5.11 Å². The van der Waals surface area contributed by atoms with E-state index >= 15 is 0 Å². The molecule has 7 heteroatoms. The van der Waals surface area contributed by atoms with Crippen molar-refractivity contribution in [3.05, 3.63) is 53.5 Å². The number of aliphatic hydroxyl groups excluding tert-OH is 1. The Morgan fingerprint density at radius 1 is 1.23 bits per heavy atom. The molecule has 0 aliphatic heterocycles.